The van der Waals surface area contributed by atoms with Crippen LogP contribution in [0.15, 0.2) is 36.4 Å². The highest BCUT2D eigenvalue weighted by molar-refractivity contribution is 5.84. The first kappa shape index (κ1) is 36.4. The van der Waals surface area contributed by atoms with Crippen molar-refractivity contribution in [2.45, 2.75) is 0 Å². The molecule has 1 aromatic carbocycles. The Morgan fingerprint density at radius 1 is 0.882 bits per heavy atom. The number of benzene rings is 1. The molecule has 0 radical (unpaired) electrons. The second-order valence-corrected chi connectivity index (χ2v) is 1.83. The van der Waals surface area contributed by atoms with Crippen LogP contribution in [0.2, 0.25) is 0 Å². The molecule has 0 spiro atoms. The standard InChI is InChI=1S/C6H6.C2H5N3O.5FH/c1-2-4-6-5-3-1;3-2(4)5-1-6;;;;;/h1-6H;1H,(H4,3,4,5,6);5*1H. The fourth-order valence-electron chi connectivity index (χ4n) is 0.448. The predicted molar refractivity (Wildman–Crippen MR) is 60.1 cm³/mol. The van der Waals surface area contributed by atoms with Gasteiger partial charge in [-0.15, -0.1) is 0 Å². The molecule has 0 bridgehead atoms. The van der Waals surface area contributed by atoms with Crippen molar-refractivity contribution in [2.24, 2.45) is 5.73 Å². The van der Waals surface area contributed by atoms with E-state index in [2.05, 4.69) is 5.73 Å². The Morgan fingerprint density at radius 2 is 1.12 bits per heavy atom. The molecule has 0 fully saturated rings. The summed E-state index contributed by atoms with van der Waals surface area (Å²) in [5.74, 6) is -0.329. The fourth-order valence-corrected chi connectivity index (χ4v) is 0.448. The minimum absolute atomic E-state index is 0. The van der Waals surface area contributed by atoms with Crippen LogP contribution in [0.4, 0.5) is 23.5 Å². The van der Waals surface area contributed by atoms with E-state index in [9.17, 15) is 4.79 Å². The zero-order valence-electron chi connectivity index (χ0n) is 8.57. The smallest absolute Gasteiger partial charge is 0.213 e. The molecule has 0 aromatic heterocycles. The second-order valence-electron chi connectivity index (χ2n) is 1.83. The molecule has 1 rings (SSSR count). The lowest BCUT2D eigenvalue weighted by atomic mass is 10.4. The molecule has 0 aliphatic heterocycles. The van der Waals surface area contributed by atoms with Gasteiger partial charge in [-0.05, 0) is 0 Å². The van der Waals surface area contributed by atoms with Crippen molar-refractivity contribution >= 4 is 12.4 Å². The number of nitrogens with one attached hydrogen (secondary N) is 2. The van der Waals surface area contributed by atoms with Gasteiger partial charge in [0.25, 0.3) is 0 Å². The minimum atomic E-state index is -0.329. The summed E-state index contributed by atoms with van der Waals surface area (Å²) in [6.07, 6.45) is 0.350. The van der Waals surface area contributed by atoms with E-state index in [1.807, 2.05) is 41.7 Å². The van der Waals surface area contributed by atoms with Crippen LogP contribution in [0, 0.1) is 5.41 Å². The highest BCUT2D eigenvalue weighted by Crippen LogP contribution is 1.79. The third kappa shape index (κ3) is 41.5. The number of hydrogen-bond donors (Lipinski definition) is 3. The van der Waals surface area contributed by atoms with E-state index in [1.165, 1.54) is 0 Å². The van der Waals surface area contributed by atoms with Gasteiger partial charge in [-0.3, -0.25) is 39.0 Å². The lowest BCUT2D eigenvalue weighted by molar-refractivity contribution is -0.108. The molecular weight excluding hydrogens is 249 g/mol. The maximum atomic E-state index is 9.28. The van der Waals surface area contributed by atoms with Crippen LogP contribution in [-0.4, -0.2) is 12.4 Å². The predicted octanol–water partition coefficient (Wildman–Crippen LogP) is 1.07. The van der Waals surface area contributed by atoms with E-state index in [0.29, 0.717) is 6.41 Å². The number of carbonyl (C=O) groups is 1. The highest BCUT2D eigenvalue weighted by Gasteiger charge is 1.73. The average molecular weight is 265 g/mol. The van der Waals surface area contributed by atoms with Gasteiger partial charge in [-0.1, -0.05) is 36.4 Å². The van der Waals surface area contributed by atoms with E-state index >= 15 is 0 Å². The number of rotatable bonds is 1. The largest absolute Gasteiger partial charge is 0.370 e. The van der Waals surface area contributed by atoms with Crippen LogP contribution in [0.25, 0.3) is 0 Å². The molecule has 104 valence electrons. The van der Waals surface area contributed by atoms with Crippen molar-refractivity contribution in [1.29, 1.82) is 5.41 Å². The molecule has 0 atom stereocenters. The van der Waals surface area contributed by atoms with Crippen LogP contribution < -0.4 is 11.1 Å². The Hall–Kier alpha value is -2.19. The molecule has 4 N–H and O–H groups in total. The van der Waals surface area contributed by atoms with Crippen molar-refractivity contribution in [1.82, 2.24) is 5.32 Å². The van der Waals surface area contributed by atoms with E-state index < -0.39 is 0 Å². The molecular formula is C8H16F5N3O. The zero-order valence-corrected chi connectivity index (χ0v) is 8.57. The molecule has 0 aliphatic carbocycles. The number of nitrogens with two attached hydrogens (primary N) is 1. The topological polar surface area (TPSA) is 79.0 Å². The Balaban J connectivity index is -0.0000000275. The van der Waals surface area contributed by atoms with Crippen LogP contribution in [0.1, 0.15) is 0 Å². The van der Waals surface area contributed by atoms with Gasteiger partial charge < -0.3 is 5.73 Å². The summed E-state index contributed by atoms with van der Waals surface area (Å²) in [7, 11) is 0. The number of amides is 1. The van der Waals surface area contributed by atoms with Crippen LogP contribution >= 0.6 is 0 Å². The molecule has 17 heavy (non-hydrogen) atoms. The van der Waals surface area contributed by atoms with Crippen LogP contribution in [0.3, 0.4) is 0 Å². The molecule has 4 nitrogen and oxygen atoms in total. The fraction of sp³-hybridized carbons (Fsp3) is 0. The van der Waals surface area contributed by atoms with Gasteiger partial charge in [0.1, 0.15) is 0 Å². The van der Waals surface area contributed by atoms with Gasteiger partial charge in [0.2, 0.25) is 6.41 Å². The van der Waals surface area contributed by atoms with Crippen molar-refractivity contribution in [3.63, 3.8) is 0 Å². The summed E-state index contributed by atoms with van der Waals surface area (Å²) in [4.78, 5) is 9.28. The van der Waals surface area contributed by atoms with Gasteiger partial charge in [-0.2, -0.15) is 0 Å². The number of halogens is 5. The molecule has 1 aromatic rings. The Kier molecular flexibility index (Phi) is 62.5. The van der Waals surface area contributed by atoms with Gasteiger partial charge >= 0.3 is 0 Å². The third-order valence-corrected chi connectivity index (χ3v) is 0.881. The molecule has 0 heterocycles. The SMILES string of the molecule is F.F.F.F.F.N=C(N)NC=O.c1ccccc1. The van der Waals surface area contributed by atoms with E-state index in [4.69, 9.17) is 5.41 Å². The average Bonchev–Trinajstić information content (AvgIpc) is 2.08. The summed E-state index contributed by atoms with van der Waals surface area (Å²) in [5.41, 5.74) is 4.64. The first-order valence-electron chi connectivity index (χ1n) is 3.31. The van der Waals surface area contributed by atoms with E-state index in [1.54, 1.807) is 0 Å². The Bertz CT molecular complexity index is 211. The van der Waals surface area contributed by atoms with Crippen molar-refractivity contribution in [2.75, 3.05) is 0 Å². The normalized spacial score (nSPS) is 5.18. The maximum Gasteiger partial charge on any atom is 0.213 e. The first-order valence-corrected chi connectivity index (χ1v) is 3.31. The Morgan fingerprint density at radius 3 is 1.18 bits per heavy atom. The zero-order chi connectivity index (χ0) is 9.23. The maximum absolute atomic E-state index is 9.28. The van der Waals surface area contributed by atoms with E-state index in [-0.39, 0.29) is 29.5 Å². The van der Waals surface area contributed by atoms with Crippen molar-refractivity contribution in [3.8, 4) is 0 Å². The summed E-state index contributed by atoms with van der Waals surface area (Å²) >= 11 is 0. The molecule has 0 aliphatic rings. The van der Waals surface area contributed by atoms with Crippen LogP contribution in [0.5, 0.6) is 0 Å². The third-order valence-electron chi connectivity index (χ3n) is 0.881. The molecule has 0 saturated heterocycles. The van der Waals surface area contributed by atoms with Gasteiger partial charge in [0.05, 0.1) is 0 Å². The summed E-state index contributed by atoms with van der Waals surface area (Å²) in [6.45, 7) is 0. The Labute approximate surface area is 94.5 Å². The van der Waals surface area contributed by atoms with Crippen molar-refractivity contribution < 1.29 is 28.3 Å². The van der Waals surface area contributed by atoms with Gasteiger partial charge in [0.15, 0.2) is 5.96 Å². The lowest BCUT2D eigenvalue weighted by Crippen LogP contribution is -2.28. The molecule has 1 amide bonds. The van der Waals surface area contributed by atoms with Gasteiger partial charge in [0, 0.05) is 0 Å². The monoisotopic (exact) mass is 265 g/mol. The summed E-state index contributed by atoms with van der Waals surface area (Å²) < 4.78 is 0. The molecule has 0 saturated carbocycles. The summed E-state index contributed by atoms with van der Waals surface area (Å²) in [5, 5.41) is 8.22. The molecule has 0 unspecified atom stereocenters. The quantitative estimate of drug-likeness (QED) is 0.307. The number of guanidine groups is 1. The number of hydrogen-bond acceptors (Lipinski definition) is 2. The van der Waals surface area contributed by atoms with Crippen LogP contribution in [-0.2, 0) is 4.79 Å². The minimum Gasteiger partial charge on any atom is -0.370 e. The molecule has 9 heteroatoms. The van der Waals surface area contributed by atoms with Crippen molar-refractivity contribution in [3.05, 3.63) is 36.4 Å². The highest BCUT2D eigenvalue weighted by atomic mass is 19.0. The lowest BCUT2D eigenvalue weighted by Gasteiger charge is -1.84. The summed E-state index contributed by atoms with van der Waals surface area (Å²) in [6, 6.07) is 12.0. The van der Waals surface area contributed by atoms with Gasteiger partial charge in [-0.25, -0.2) is 0 Å². The first-order chi connectivity index (χ1) is 5.77. The van der Waals surface area contributed by atoms with E-state index in [0.717, 1.165) is 0 Å². The second kappa shape index (κ2) is 29.2. The number of carbonyl (C=O) groups excluding carboxylic acids is 1.